The van der Waals surface area contributed by atoms with Crippen LogP contribution in [0, 0.1) is 0 Å². The number of nitrogens with one attached hydrogen (secondary N) is 1. The number of amides is 1. The number of carbonyl (C=O) groups excluding carboxylic acids is 1. The van der Waals surface area contributed by atoms with Crippen LogP contribution < -0.4 is 10.2 Å². The fourth-order valence-electron chi connectivity index (χ4n) is 2.79. The van der Waals surface area contributed by atoms with Crippen LogP contribution in [-0.2, 0) is 11.2 Å². The van der Waals surface area contributed by atoms with Crippen LogP contribution in [0.3, 0.4) is 0 Å². The highest BCUT2D eigenvalue weighted by Gasteiger charge is 2.21. The van der Waals surface area contributed by atoms with Gasteiger partial charge in [-0.05, 0) is 36.6 Å². The highest BCUT2D eigenvalue weighted by molar-refractivity contribution is 5.92. The number of rotatable bonds is 6. The van der Waals surface area contributed by atoms with Gasteiger partial charge in [0.1, 0.15) is 11.5 Å². The lowest BCUT2D eigenvalue weighted by molar-refractivity contribution is 0.0943. The molecule has 0 fully saturated rings. The van der Waals surface area contributed by atoms with Gasteiger partial charge in [0.25, 0.3) is 5.91 Å². The van der Waals surface area contributed by atoms with Crippen molar-refractivity contribution in [3.05, 3.63) is 53.7 Å². The normalized spacial score (nSPS) is 13.0. The maximum absolute atomic E-state index is 12.2. The molecule has 0 atom stereocenters. The number of carbonyl (C=O) groups is 1. The largest absolute Gasteiger partial charge is 0.385 e. The summed E-state index contributed by atoms with van der Waals surface area (Å²) in [6, 6.07) is 13.9. The maximum Gasteiger partial charge on any atom is 0.269 e. The van der Waals surface area contributed by atoms with Crippen molar-refractivity contribution in [3.63, 3.8) is 0 Å². The topological polar surface area (TPSA) is 54.5 Å². The number of nitrogens with zero attached hydrogens (tertiary/aromatic N) is 2. The Morgan fingerprint density at radius 3 is 3.00 bits per heavy atom. The van der Waals surface area contributed by atoms with Gasteiger partial charge in [0.05, 0.1) is 0 Å². The number of ether oxygens (including phenoxy) is 1. The molecule has 1 amide bonds. The van der Waals surface area contributed by atoms with E-state index in [9.17, 15) is 4.79 Å². The monoisotopic (exact) mass is 311 g/mol. The smallest absolute Gasteiger partial charge is 0.269 e. The molecule has 0 bridgehead atoms. The number of hydrogen-bond donors (Lipinski definition) is 1. The van der Waals surface area contributed by atoms with Crippen molar-refractivity contribution in [2.24, 2.45) is 0 Å². The van der Waals surface area contributed by atoms with Crippen molar-refractivity contribution in [2.75, 3.05) is 31.7 Å². The molecule has 1 N–H and O–H groups in total. The molecule has 0 radical (unpaired) electrons. The molecule has 5 nitrogen and oxygen atoms in total. The third-order valence-electron chi connectivity index (χ3n) is 3.94. The van der Waals surface area contributed by atoms with Crippen molar-refractivity contribution < 1.29 is 9.53 Å². The summed E-state index contributed by atoms with van der Waals surface area (Å²) >= 11 is 0. The molecule has 0 unspecified atom stereocenters. The number of hydrogen-bond acceptors (Lipinski definition) is 4. The number of pyridine rings is 1. The van der Waals surface area contributed by atoms with Gasteiger partial charge in [-0.1, -0.05) is 24.3 Å². The lowest BCUT2D eigenvalue weighted by atomic mass is 10.2. The van der Waals surface area contributed by atoms with Crippen LogP contribution in [0.2, 0.25) is 0 Å². The number of fused-ring (bicyclic) bond motifs is 1. The predicted molar refractivity (Wildman–Crippen MR) is 90.2 cm³/mol. The molecular formula is C18H21N3O2. The zero-order valence-corrected chi connectivity index (χ0v) is 13.3. The Hall–Kier alpha value is -2.40. The first kappa shape index (κ1) is 15.5. The Balaban J connectivity index is 1.72. The molecule has 0 spiro atoms. The van der Waals surface area contributed by atoms with Gasteiger partial charge in [-0.3, -0.25) is 4.79 Å². The van der Waals surface area contributed by atoms with Crippen molar-refractivity contribution >= 4 is 17.4 Å². The molecule has 0 aliphatic carbocycles. The molecule has 120 valence electrons. The number of benzene rings is 1. The first-order valence-electron chi connectivity index (χ1n) is 7.89. The van der Waals surface area contributed by atoms with Crippen LogP contribution in [0.4, 0.5) is 11.5 Å². The first-order valence-corrected chi connectivity index (χ1v) is 7.89. The van der Waals surface area contributed by atoms with E-state index in [1.54, 1.807) is 13.2 Å². The summed E-state index contributed by atoms with van der Waals surface area (Å²) in [7, 11) is 1.65. The summed E-state index contributed by atoms with van der Waals surface area (Å²) in [4.78, 5) is 18.9. The third kappa shape index (κ3) is 3.51. The highest BCUT2D eigenvalue weighted by Crippen LogP contribution is 2.33. The maximum atomic E-state index is 12.2. The van der Waals surface area contributed by atoms with E-state index in [0.29, 0.717) is 18.8 Å². The van der Waals surface area contributed by atoms with Gasteiger partial charge in [-0.25, -0.2) is 4.98 Å². The van der Waals surface area contributed by atoms with E-state index in [4.69, 9.17) is 4.74 Å². The lowest BCUT2D eigenvalue weighted by Gasteiger charge is -2.18. The lowest BCUT2D eigenvalue weighted by Crippen LogP contribution is -2.26. The quantitative estimate of drug-likeness (QED) is 0.833. The van der Waals surface area contributed by atoms with E-state index >= 15 is 0 Å². The van der Waals surface area contributed by atoms with E-state index in [2.05, 4.69) is 33.4 Å². The molecule has 1 aliphatic heterocycles. The second-order valence-corrected chi connectivity index (χ2v) is 5.51. The Labute approximate surface area is 136 Å². The summed E-state index contributed by atoms with van der Waals surface area (Å²) in [5.74, 6) is 0.676. The molecule has 0 saturated heterocycles. The standard InChI is InChI=1S/C18H21N3O2/c1-23-13-5-11-19-18(22)15-7-4-9-17(20-15)21-12-10-14-6-2-3-8-16(14)21/h2-4,6-9H,5,10-13H2,1H3,(H,19,22). The van der Waals surface area contributed by atoms with Gasteiger partial charge in [0.15, 0.2) is 0 Å². The second kappa shape index (κ2) is 7.24. The van der Waals surface area contributed by atoms with Crippen molar-refractivity contribution in [1.82, 2.24) is 10.3 Å². The van der Waals surface area contributed by atoms with Crippen molar-refractivity contribution in [1.29, 1.82) is 0 Å². The summed E-state index contributed by atoms with van der Waals surface area (Å²) in [6.07, 6.45) is 1.80. The molecule has 5 heteroatoms. The van der Waals surface area contributed by atoms with Crippen molar-refractivity contribution in [2.45, 2.75) is 12.8 Å². The SMILES string of the molecule is COCCCNC(=O)c1cccc(N2CCc3ccccc32)n1. The summed E-state index contributed by atoms with van der Waals surface area (Å²) in [5.41, 5.74) is 2.95. The Kier molecular flexibility index (Phi) is 4.88. The van der Waals surface area contributed by atoms with Gasteiger partial charge in [-0.2, -0.15) is 0 Å². The molecular weight excluding hydrogens is 290 g/mol. The van der Waals surface area contributed by atoms with Gasteiger partial charge in [0, 0.05) is 32.5 Å². The molecule has 1 aromatic carbocycles. The van der Waals surface area contributed by atoms with Crippen LogP contribution in [0.5, 0.6) is 0 Å². The molecule has 1 aliphatic rings. The number of anilines is 2. The zero-order valence-electron chi connectivity index (χ0n) is 13.3. The van der Waals surface area contributed by atoms with Gasteiger partial charge in [-0.15, -0.1) is 0 Å². The van der Waals surface area contributed by atoms with Gasteiger partial charge in [0.2, 0.25) is 0 Å². The third-order valence-corrected chi connectivity index (χ3v) is 3.94. The Morgan fingerprint density at radius 1 is 1.26 bits per heavy atom. The minimum atomic E-state index is -0.143. The van der Waals surface area contributed by atoms with Crippen molar-refractivity contribution in [3.8, 4) is 0 Å². The Morgan fingerprint density at radius 2 is 2.13 bits per heavy atom. The highest BCUT2D eigenvalue weighted by atomic mass is 16.5. The molecule has 3 rings (SSSR count). The van der Waals surface area contributed by atoms with Crippen LogP contribution in [-0.4, -0.2) is 37.7 Å². The van der Waals surface area contributed by atoms with Gasteiger partial charge < -0.3 is 15.0 Å². The number of methoxy groups -OCH3 is 1. The zero-order chi connectivity index (χ0) is 16.1. The number of para-hydroxylation sites is 1. The summed E-state index contributed by atoms with van der Waals surface area (Å²) in [6.45, 7) is 2.12. The minimum Gasteiger partial charge on any atom is -0.385 e. The fraction of sp³-hybridized carbons (Fsp3) is 0.333. The minimum absolute atomic E-state index is 0.143. The average Bonchev–Trinajstić information content (AvgIpc) is 3.03. The van der Waals surface area contributed by atoms with Crippen LogP contribution in [0.1, 0.15) is 22.5 Å². The van der Waals surface area contributed by atoms with Crippen LogP contribution in [0.15, 0.2) is 42.5 Å². The van der Waals surface area contributed by atoms with E-state index in [1.807, 2.05) is 18.2 Å². The van der Waals surface area contributed by atoms with E-state index in [1.165, 1.54) is 11.3 Å². The molecule has 2 heterocycles. The molecule has 2 aromatic rings. The van der Waals surface area contributed by atoms with E-state index < -0.39 is 0 Å². The van der Waals surface area contributed by atoms with E-state index in [-0.39, 0.29) is 5.91 Å². The molecule has 0 saturated carbocycles. The first-order chi connectivity index (χ1) is 11.3. The van der Waals surface area contributed by atoms with Crippen LogP contribution >= 0.6 is 0 Å². The van der Waals surface area contributed by atoms with Gasteiger partial charge >= 0.3 is 0 Å². The predicted octanol–water partition coefficient (Wildman–Crippen LogP) is 2.54. The molecule has 1 aromatic heterocycles. The average molecular weight is 311 g/mol. The van der Waals surface area contributed by atoms with E-state index in [0.717, 1.165) is 25.2 Å². The fourth-order valence-corrected chi connectivity index (χ4v) is 2.79. The second-order valence-electron chi connectivity index (χ2n) is 5.51. The summed E-state index contributed by atoms with van der Waals surface area (Å²) in [5, 5.41) is 2.87. The Bertz CT molecular complexity index is 687. The molecule has 23 heavy (non-hydrogen) atoms. The summed E-state index contributed by atoms with van der Waals surface area (Å²) < 4.78 is 4.98. The number of aromatic nitrogens is 1. The van der Waals surface area contributed by atoms with Crippen LogP contribution in [0.25, 0.3) is 0 Å².